The van der Waals surface area contributed by atoms with Crippen molar-refractivity contribution in [3.05, 3.63) is 89.2 Å². The Morgan fingerprint density at radius 3 is 2.38 bits per heavy atom. The molecule has 2 aromatic carbocycles. The molecule has 1 amide bonds. The normalized spacial score (nSPS) is 11.1. The van der Waals surface area contributed by atoms with Gasteiger partial charge in [0.2, 0.25) is 5.91 Å². The van der Waals surface area contributed by atoms with Crippen LogP contribution in [0.25, 0.3) is 0 Å². The van der Waals surface area contributed by atoms with Crippen LogP contribution in [0, 0.1) is 6.92 Å². The van der Waals surface area contributed by atoms with Crippen LogP contribution < -0.4 is 9.62 Å². The van der Waals surface area contributed by atoms with Crippen molar-refractivity contribution in [3.8, 4) is 0 Å². The molecule has 0 saturated heterocycles. The maximum absolute atomic E-state index is 13.2. The number of anilines is 1. The number of nitrogens with one attached hydrogen (secondary N) is 1. The lowest BCUT2D eigenvalue weighted by molar-refractivity contribution is -0.119. The number of rotatable bonds is 7. The molecular weight excluding hydrogens is 410 g/mol. The standard InChI is InChI=1S/C21H20ClN3O3S/c1-16-4-8-19(9-5-16)25(29(27,28)20-10-6-18(22)7-11-20)15-21(26)24-14-17-3-2-12-23-13-17/h2-13H,14-15H2,1H3,(H,24,26). The molecule has 3 aromatic rings. The average molecular weight is 430 g/mol. The minimum absolute atomic E-state index is 0.0579. The molecule has 0 aliphatic rings. The van der Waals surface area contributed by atoms with E-state index in [1.165, 1.54) is 24.3 Å². The fourth-order valence-corrected chi connectivity index (χ4v) is 4.20. The van der Waals surface area contributed by atoms with E-state index in [9.17, 15) is 13.2 Å². The summed E-state index contributed by atoms with van der Waals surface area (Å²) in [5.74, 6) is -0.424. The van der Waals surface area contributed by atoms with Gasteiger partial charge < -0.3 is 5.32 Å². The number of aromatic nitrogens is 1. The highest BCUT2D eigenvalue weighted by Gasteiger charge is 2.27. The second-order valence-electron chi connectivity index (χ2n) is 6.44. The summed E-state index contributed by atoms with van der Waals surface area (Å²) in [5, 5.41) is 3.17. The second-order valence-corrected chi connectivity index (χ2v) is 8.74. The van der Waals surface area contributed by atoms with Gasteiger partial charge in [-0.25, -0.2) is 8.42 Å². The fraction of sp³-hybridized carbons (Fsp3) is 0.143. The zero-order valence-corrected chi connectivity index (χ0v) is 17.3. The van der Waals surface area contributed by atoms with Crippen molar-refractivity contribution in [1.29, 1.82) is 0 Å². The highest BCUT2D eigenvalue weighted by molar-refractivity contribution is 7.92. The van der Waals surface area contributed by atoms with Crippen LogP contribution in [0.1, 0.15) is 11.1 Å². The van der Waals surface area contributed by atoms with E-state index >= 15 is 0 Å². The summed E-state index contributed by atoms with van der Waals surface area (Å²) in [6, 6.07) is 16.4. The van der Waals surface area contributed by atoms with Gasteiger partial charge in [-0.3, -0.25) is 14.1 Å². The van der Waals surface area contributed by atoms with Crippen LogP contribution in [-0.2, 0) is 21.4 Å². The molecule has 0 aliphatic carbocycles. The molecule has 0 radical (unpaired) electrons. The number of benzene rings is 2. The Kier molecular flexibility index (Phi) is 6.51. The van der Waals surface area contributed by atoms with Crippen molar-refractivity contribution in [2.75, 3.05) is 10.8 Å². The molecule has 29 heavy (non-hydrogen) atoms. The van der Waals surface area contributed by atoms with Crippen LogP contribution in [0.15, 0.2) is 78.0 Å². The summed E-state index contributed by atoms with van der Waals surface area (Å²) < 4.78 is 27.6. The third kappa shape index (κ3) is 5.34. The van der Waals surface area contributed by atoms with Gasteiger partial charge in [0.15, 0.2) is 0 Å². The molecule has 8 heteroatoms. The van der Waals surface area contributed by atoms with Gasteiger partial charge in [0, 0.05) is 24.0 Å². The lowest BCUT2D eigenvalue weighted by atomic mass is 10.2. The van der Waals surface area contributed by atoms with Crippen LogP contribution in [0.5, 0.6) is 0 Å². The Hall–Kier alpha value is -2.90. The van der Waals surface area contributed by atoms with Gasteiger partial charge in [0.05, 0.1) is 10.6 Å². The Morgan fingerprint density at radius 2 is 1.76 bits per heavy atom. The topological polar surface area (TPSA) is 79.4 Å². The number of carbonyl (C=O) groups excluding carboxylic acids is 1. The number of aryl methyl sites for hydroxylation is 1. The molecule has 1 N–H and O–H groups in total. The van der Waals surface area contributed by atoms with Gasteiger partial charge in [-0.2, -0.15) is 0 Å². The van der Waals surface area contributed by atoms with E-state index in [2.05, 4.69) is 10.3 Å². The Balaban J connectivity index is 1.86. The van der Waals surface area contributed by atoms with E-state index in [0.717, 1.165) is 15.4 Å². The molecule has 0 bridgehead atoms. The second kappa shape index (κ2) is 9.07. The number of pyridine rings is 1. The van der Waals surface area contributed by atoms with Crippen molar-refractivity contribution in [2.45, 2.75) is 18.4 Å². The summed E-state index contributed by atoms with van der Waals surface area (Å²) in [5.41, 5.74) is 2.21. The van der Waals surface area contributed by atoms with E-state index in [4.69, 9.17) is 11.6 Å². The third-order valence-corrected chi connectivity index (χ3v) is 6.26. The summed E-state index contributed by atoms with van der Waals surface area (Å²) in [4.78, 5) is 16.6. The van der Waals surface area contributed by atoms with Crippen molar-refractivity contribution in [3.63, 3.8) is 0 Å². The molecule has 0 unspecified atom stereocenters. The first-order valence-electron chi connectivity index (χ1n) is 8.87. The number of sulfonamides is 1. The number of nitrogens with zero attached hydrogens (tertiary/aromatic N) is 2. The minimum Gasteiger partial charge on any atom is -0.350 e. The van der Waals surface area contributed by atoms with E-state index < -0.39 is 15.9 Å². The lowest BCUT2D eigenvalue weighted by Crippen LogP contribution is -2.40. The monoisotopic (exact) mass is 429 g/mol. The van der Waals surface area contributed by atoms with Crippen LogP contribution in [0.3, 0.4) is 0 Å². The number of hydrogen-bond acceptors (Lipinski definition) is 4. The Labute approximate surface area is 175 Å². The number of halogens is 1. The molecule has 1 aromatic heterocycles. The number of amides is 1. The molecule has 0 atom stereocenters. The summed E-state index contributed by atoms with van der Waals surface area (Å²) in [6.07, 6.45) is 3.28. The van der Waals surface area contributed by atoms with Gasteiger partial charge in [-0.05, 0) is 55.0 Å². The van der Waals surface area contributed by atoms with Gasteiger partial charge in [0.25, 0.3) is 10.0 Å². The average Bonchev–Trinajstić information content (AvgIpc) is 2.72. The highest BCUT2D eigenvalue weighted by Crippen LogP contribution is 2.25. The van der Waals surface area contributed by atoms with Crippen LogP contribution in [0.2, 0.25) is 5.02 Å². The van der Waals surface area contributed by atoms with E-state index in [-0.39, 0.29) is 18.0 Å². The lowest BCUT2D eigenvalue weighted by Gasteiger charge is -2.24. The van der Waals surface area contributed by atoms with E-state index in [1.807, 2.05) is 13.0 Å². The van der Waals surface area contributed by atoms with Crippen LogP contribution in [0.4, 0.5) is 5.69 Å². The maximum atomic E-state index is 13.2. The smallest absolute Gasteiger partial charge is 0.264 e. The van der Waals surface area contributed by atoms with Crippen molar-refractivity contribution in [2.24, 2.45) is 0 Å². The summed E-state index contributed by atoms with van der Waals surface area (Å²) >= 11 is 5.88. The van der Waals surface area contributed by atoms with Gasteiger partial charge in [-0.1, -0.05) is 35.4 Å². The number of carbonyl (C=O) groups is 1. The van der Waals surface area contributed by atoms with E-state index in [0.29, 0.717) is 10.7 Å². The first kappa shape index (κ1) is 20.8. The molecule has 0 fully saturated rings. The van der Waals surface area contributed by atoms with Gasteiger partial charge in [0.1, 0.15) is 6.54 Å². The first-order chi connectivity index (χ1) is 13.9. The number of hydrogen-bond donors (Lipinski definition) is 1. The predicted octanol–water partition coefficient (Wildman–Crippen LogP) is 3.56. The molecule has 6 nitrogen and oxygen atoms in total. The molecule has 0 spiro atoms. The molecule has 0 aliphatic heterocycles. The van der Waals surface area contributed by atoms with Gasteiger partial charge in [-0.15, -0.1) is 0 Å². The third-order valence-electron chi connectivity index (χ3n) is 4.22. The summed E-state index contributed by atoms with van der Waals surface area (Å²) in [6.45, 7) is 1.81. The van der Waals surface area contributed by atoms with Crippen LogP contribution in [-0.4, -0.2) is 25.9 Å². The van der Waals surface area contributed by atoms with Crippen LogP contribution >= 0.6 is 11.6 Å². The SMILES string of the molecule is Cc1ccc(N(CC(=O)NCc2cccnc2)S(=O)(=O)c2ccc(Cl)cc2)cc1. The summed E-state index contributed by atoms with van der Waals surface area (Å²) in [7, 11) is -3.96. The molecule has 1 heterocycles. The Bertz CT molecular complexity index is 1070. The molecule has 3 rings (SSSR count). The molecular formula is C21H20ClN3O3S. The Morgan fingerprint density at radius 1 is 1.07 bits per heavy atom. The first-order valence-corrected chi connectivity index (χ1v) is 10.7. The predicted molar refractivity (Wildman–Crippen MR) is 113 cm³/mol. The fourth-order valence-electron chi connectivity index (χ4n) is 2.65. The largest absolute Gasteiger partial charge is 0.350 e. The molecule has 150 valence electrons. The molecule has 0 saturated carbocycles. The van der Waals surface area contributed by atoms with Gasteiger partial charge >= 0.3 is 0 Å². The maximum Gasteiger partial charge on any atom is 0.264 e. The zero-order valence-electron chi connectivity index (χ0n) is 15.7. The quantitative estimate of drug-likeness (QED) is 0.622. The zero-order chi connectivity index (χ0) is 20.9. The van der Waals surface area contributed by atoms with Crippen molar-refractivity contribution in [1.82, 2.24) is 10.3 Å². The van der Waals surface area contributed by atoms with Crippen molar-refractivity contribution >= 4 is 33.2 Å². The highest BCUT2D eigenvalue weighted by atomic mass is 35.5. The van der Waals surface area contributed by atoms with Crippen molar-refractivity contribution < 1.29 is 13.2 Å². The van der Waals surface area contributed by atoms with E-state index in [1.54, 1.807) is 42.7 Å². The minimum atomic E-state index is -3.96.